The van der Waals surface area contributed by atoms with Gasteiger partial charge in [0.15, 0.2) is 0 Å². The van der Waals surface area contributed by atoms with E-state index in [0.29, 0.717) is 11.6 Å². The van der Waals surface area contributed by atoms with Gasteiger partial charge in [-0.2, -0.15) is 0 Å². The van der Waals surface area contributed by atoms with Gasteiger partial charge in [-0.25, -0.2) is 4.39 Å². The first-order valence-corrected chi connectivity index (χ1v) is 3.96. The summed E-state index contributed by atoms with van der Waals surface area (Å²) in [5, 5.41) is 0. The van der Waals surface area contributed by atoms with Crippen molar-refractivity contribution in [3.8, 4) is 11.6 Å². The van der Waals surface area contributed by atoms with Crippen LogP contribution in [0.2, 0.25) is 0 Å². The first kappa shape index (κ1) is 11.7. The Hall–Kier alpha value is -1.39. The molecule has 0 fully saturated rings. The maximum atomic E-state index is 12.5. The smallest absolute Gasteiger partial charge is 0.123 e. The van der Waals surface area contributed by atoms with E-state index in [1.807, 2.05) is 0 Å². The quantitative estimate of drug-likeness (QED) is 0.755. The molecule has 0 atom stereocenters. The molecule has 0 aliphatic heterocycles. The summed E-state index contributed by atoms with van der Waals surface area (Å²) < 4.78 is 17.8. The van der Waals surface area contributed by atoms with Crippen LogP contribution in [-0.4, -0.2) is 9.97 Å². The zero-order chi connectivity index (χ0) is 9.80. The van der Waals surface area contributed by atoms with Crippen LogP contribution in [0.4, 0.5) is 4.39 Å². The molecule has 1 aromatic heterocycles. The average molecular weight is 240 g/mol. The van der Waals surface area contributed by atoms with E-state index < -0.39 is 0 Å². The molecule has 1 aromatic carbocycles. The van der Waals surface area contributed by atoms with Crippen LogP contribution in [0.25, 0.3) is 0 Å². The fraction of sp³-hybridized carbons (Fsp3) is 0. The van der Waals surface area contributed by atoms with Gasteiger partial charge in [-0.1, -0.05) is 12.3 Å². The van der Waals surface area contributed by atoms with Crippen LogP contribution < -0.4 is 4.74 Å². The number of benzene rings is 1. The molecule has 0 N–H and O–H groups in total. The summed E-state index contributed by atoms with van der Waals surface area (Å²) in [7, 11) is 0. The van der Waals surface area contributed by atoms with E-state index in [-0.39, 0.29) is 24.4 Å². The van der Waals surface area contributed by atoms with E-state index in [9.17, 15) is 4.39 Å². The zero-order valence-corrected chi connectivity index (χ0v) is 8.99. The summed E-state index contributed by atoms with van der Waals surface area (Å²) in [6, 6.07) is 7.19. The molecule has 0 amide bonds. The van der Waals surface area contributed by atoms with Crippen LogP contribution in [0.1, 0.15) is 0 Å². The second-order valence-electron chi connectivity index (χ2n) is 2.54. The Morgan fingerprint density at radius 2 is 1.93 bits per heavy atom. The second kappa shape index (κ2) is 5.48. The molecule has 15 heavy (non-hydrogen) atoms. The summed E-state index contributed by atoms with van der Waals surface area (Å²) in [6.07, 6.45) is 3.91. The van der Waals surface area contributed by atoms with Gasteiger partial charge in [0.25, 0.3) is 0 Å². The first-order chi connectivity index (χ1) is 6.84. The van der Waals surface area contributed by atoms with Crippen molar-refractivity contribution < 1.29 is 27.7 Å². The number of rotatable bonds is 2. The number of hydrogen-bond donors (Lipinski definition) is 0. The topological polar surface area (TPSA) is 35.0 Å². The van der Waals surface area contributed by atoms with Crippen LogP contribution in [0, 0.1) is 12.0 Å². The first-order valence-electron chi connectivity index (χ1n) is 3.96. The van der Waals surface area contributed by atoms with Crippen molar-refractivity contribution in [2.45, 2.75) is 0 Å². The largest absolute Gasteiger partial charge is 0.499 e. The number of halogens is 1. The molecule has 0 unspecified atom stereocenters. The Labute approximate surface area is 98.2 Å². The Kier molecular flexibility index (Phi) is 4.27. The second-order valence-corrected chi connectivity index (χ2v) is 2.54. The molecule has 0 aliphatic carbocycles. The monoisotopic (exact) mass is 240 g/mol. The molecule has 0 aliphatic rings. The molecule has 2 rings (SSSR count). The van der Waals surface area contributed by atoms with E-state index in [1.165, 1.54) is 36.7 Å². The molecule has 3 nitrogen and oxygen atoms in total. The number of nitrogens with zero attached hydrogens (tertiary/aromatic N) is 2. The predicted octanol–water partition coefficient (Wildman–Crippen LogP) is 2.21. The minimum atomic E-state index is -0.299. The predicted molar refractivity (Wildman–Crippen MR) is 47.3 cm³/mol. The van der Waals surface area contributed by atoms with Crippen LogP contribution in [0.15, 0.2) is 36.7 Å². The molecule has 0 saturated carbocycles. The SMILES string of the molecule is Fc1ccc(Oc2c[c-]ncn2)cc1.[V]. The van der Waals surface area contributed by atoms with Crippen LogP contribution in [0.5, 0.6) is 11.6 Å². The molecule has 1 radical (unpaired) electrons. The maximum Gasteiger partial charge on any atom is 0.123 e. The van der Waals surface area contributed by atoms with Crippen molar-refractivity contribution in [3.05, 3.63) is 48.7 Å². The zero-order valence-electron chi connectivity index (χ0n) is 7.59. The Bertz CT molecular complexity index is 408. The Morgan fingerprint density at radius 1 is 1.20 bits per heavy atom. The third-order valence-electron chi connectivity index (χ3n) is 1.54. The van der Waals surface area contributed by atoms with Gasteiger partial charge < -0.3 is 14.7 Å². The summed E-state index contributed by atoms with van der Waals surface area (Å²) in [5.74, 6) is 0.608. The molecule has 1 heterocycles. The Balaban J connectivity index is 0.00000112. The summed E-state index contributed by atoms with van der Waals surface area (Å²) in [4.78, 5) is 7.46. The summed E-state index contributed by atoms with van der Waals surface area (Å²) in [5.41, 5.74) is 0. The van der Waals surface area contributed by atoms with E-state index >= 15 is 0 Å². The van der Waals surface area contributed by atoms with Gasteiger partial charge in [0, 0.05) is 24.9 Å². The van der Waals surface area contributed by atoms with E-state index in [2.05, 4.69) is 16.2 Å². The molecular weight excluding hydrogens is 234 g/mol. The van der Waals surface area contributed by atoms with Crippen LogP contribution in [0.3, 0.4) is 0 Å². The van der Waals surface area contributed by atoms with Crippen molar-refractivity contribution >= 4 is 0 Å². The Morgan fingerprint density at radius 3 is 2.53 bits per heavy atom. The fourth-order valence-corrected chi connectivity index (χ4v) is 0.928. The van der Waals surface area contributed by atoms with E-state index in [1.54, 1.807) is 0 Å². The standard InChI is InChI=1S/C10H6FN2O.V/c11-8-1-3-9(4-2-8)14-10-5-6-12-7-13-10;/h1-5,7H;/q-1;. The van der Waals surface area contributed by atoms with Crippen molar-refractivity contribution in [2.75, 3.05) is 0 Å². The van der Waals surface area contributed by atoms with Gasteiger partial charge in [0.1, 0.15) is 17.4 Å². The van der Waals surface area contributed by atoms with Crippen molar-refractivity contribution in [2.24, 2.45) is 0 Å². The molecule has 5 heteroatoms. The minimum Gasteiger partial charge on any atom is -0.499 e. The van der Waals surface area contributed by atoms with Gasteiger partial charge in [-0.3, -0.25) is 0 Å². The maximum absolute atomic E-state index is 12.5. The molecule has 75 valence electrons. The van der Waals surface area contributed by atoms with Gasteiger partial charge in [0.2, 0.25) is 0 Å². The van der Waals surface area contributed by atoms with E-state index in [4.69, 9.17) is 4.74 Å². The molecule has 0 spiro atoms. The van der Waals surface area contributed by atoms with Crippen LogP contribution in [-0.2, 0) is 18.6 Å². The summed E-state index contributed by atoms with van der Waals surface area (Å²) in [6.45, 7) is 0. The molecule has 0 bridgehead atoms. The third kappa shape index (κ3) is 3.34. The number of aromatic nitrogens is 2. The third-order valence-corrected chi connectivity index (χ3v) is 1.54. The molecule has 0 saturated heterocycles. The fourth-order valence-electron chi connectivity index (χ4n) is 0.928. The van der Waals surface area contributed by atoms with Gasteiger partial charge in [-0.15, -0.1) is 0 Å². The van der Waals surface area contributed by atoms with Crippen molar-refractivity contribution in [1.29, 1.82) is 0 Å². The molecule has 2 aromatic rings. The van der Waals surface area contributed by atoms with Gasteiger partial charge in [0.05, 0.1) is 0 Å². The van der Waals surface area contributed by atoms with Gasteiger partial charge in [-0.05, 0) is 24.3 Å². The minimum absolute atomic E-state index is 0. The van der Waals surface area contributed by atoms with Crippen LogP contribution >= 0.6 is 0 Å². The normalized spacial score (nSPS) is 9.13. The number of hydrogen-bond acceptors (Lipinski definition) is 3. The average Bonchev–Trinajstić information content (AvgIpc) is 2.23. The van der Waals surface area contributed by atoms with E-state index in [0.717, 1.165) is 0 Å². The van der Waals surface area contributed by atoms with Crippen molar-refractivity contribution in [3.63, 3.8) is 0 Å². The molecular formula is C10H6FN2OV-. The summed E-state index contributed by atoms with van der Waals surface area (Å²) >= 11 is 0. The van der Waals surface area contributed by atoms with Gasteiger partial charge >= 0.3 is 0 Å². The number of ether oxygens (including phenoxy) is 1. The van der Waals surface area contributed by atoms with Crippen molar-refractivity contribution in [1.82, 2.24) is 9.97 Å².